The topological polar surface area (TPSA) is 41.5 Å². The molecule has 1 N–H and O–H groups in total. The van der Waals surface area contributed by atoms with Crippen molar-refractivity contribution < 1.29 is 4.79 Å². The van der Waals surface area contributed by atoms with Crippen molar-refractivity contribution in [2.24, 2.45) is 16.4 Å². The number of carbonyl (C=O) groups excluding carboxylic acids is 1. The van der Waals surface area contributed by atoms with Gasteiger partial charge in [0.15, 0.2) is 0 Å². The van der Waals surface area contributed by atoms with Crippen molar-refractivity contribution in [3.8, 4) is 0 Å². The first-order valence-electron chi connectivity index (χ1n) is 4.33. The molecule has 1 saturated carbocycles. The average molecular weight is 168 g/mol. The minimum Gasteiger partial charge on any atom is -0.273 e. The van der Waals surface area contributed by atoms with E-state index in [0.29, 0.717) is 0 Å². The number of carbonyl (C=O) groups is 1. The summed E-state index contributed by atoms with van der Waals surface area (Å²) in [6.45, 7) is 6.12. The van der Waals surface area contributed by atoms with Gasteiger partial charge in [0.2, 0.25) is 5.91 Å². The number of hydrazone groups is 1. The molecule has 0 unspecified atom stereocenters. The van der Waals surface area contributed by atoms with Crippen molar-refractivity contribution in [2.45, 2.75) is 33.6 Å². The second-order valence-corrected chi connectivity index (χ2v) is 4.37. The lowest BCUT2D eigenvalue weighted by Crippen LogP contribution is -2.20. The average Bonchev–Trinajstić information content (AvgIpc) is 2.64. The molecule has 0 radical (unpaired) electrons. The Labute approximate surface area is 73.2 Å². The molecular weight excluding hydrogens is 152 g/mol. The first-order valence-corrected chi connectivity index (χ1v) is 4.33. The van der Waals surface area contributed by atoms with Crippen LogP contribution in [0.4, 0.5) is 0 Å². The molecule has 1 aliphatic rings. The number of hydrogen-bond acceptors (Lipinski definition) is 2. The van der Waals surface area contributed by atoms with Gasteiger partial charge in [-0.1, -0.05) is 20.8 Å². The van der Waals surface area contributed by atoms with Crippen LogP contribution in [0.3, 0.4) is 0 Å². The molecule has 0 aromatic heterocycles. The van der Waals surface area contributed by atoms with Crippen molar-refractivity contribution in [1.82, 2.24) is 5.43 Å². The Kier molecular flexibility index (Phi) is 2.50. The Morgan fingerprint density at radius 2 is 2.08 bits per heavy atom. The minimum absolute atomic E-state index is 0.0385. The Bertz CT molecular complexity index is 199. The Morgan fingerprint density at radius 3 is 2.50 bits per heavy atom. The summed E-state index contributed by atoms with van der Waals surface area (Å²) in [6.07, 6.45) is 3.81. The van der Waals surface area contributed by atoms with Crippen molar-refractivity contribution in [3.63, 3.8) is 0 Å². The molecule has 1 aliphatic carbocycles. The van der Waals surface area contributed by atoms with E-state index in [9.17, 15) is 4.79 Å². The zero-order chi connectivity index (χ0) is 9.19. The molecule has 0 aromatic carbocycles. The summed E-state index contributed by atoms with van der Waals surface area (Å²) in [6, 6.07) is 0. The molecule has 3 heteroatoms. The smallest absolute Gasteiger partial charge is 0.243 e. The zero-order valence-electron chi connectivity index (χ0n) is 7.92. The fourth-order valence-corrected chi connectivity index (χ4v) is 0.726. The first kappa shape index (κ1) is 9.23. The van der Waals surface area contributed by atoms with Gasteiger partial charge in [0.1, 0.15) is 0 Å². The van der Waals surface area contributed by atoms with E-state index in [1.807, 2.05) is 20.8 Å². The van der Waals surface area contributed by atoms with Crippen molar-refractivity contribution in [2.75, 3.05) is 0 Å². The molecule has 68 valence electrons. The van der Waals surface area contributed by atoms with Gasteiger partial charge in [0.25, 0.3) is 0 Å². The van der Waals surface area contributed by atoms with E-state index in [2.05, 4.69) is 10.5 Å². The summed E-state index contributed by atoms with van der Waals surface area (Å²) in [5.74, 6) is 0.303. The van der Waals surface area contributed by atoms with Crippen LogP contribution in [0.2, 0.25) is 0 Å². The standard InChI is InChI=1S/C9H16N2O/c1-9(2,3)6-10-11-8(12)7-4-5-7/h6-7H,4-5H2,1-3H3,(H,11,12)/b10-6-. The van der Waals surface area contributed by atoms with Gasteiger partial charge < -0.3 is 0 Å². The van der Waals surface area contributed by atoms with E-state index in [-0.39, 0.29) is 17.2 Å². The van der Waals surface area contributed by atoms with Gasteiger partial charge in [0.05, 0.1) is 0 Å². The maximum atomic E-state index is 11.1. The molecule has 0 atom stereocenters. The van der Waals surface area contributed by atoms with E-state index in [1.54, 1.807) is 6.21 Å². The quantitative estimate of drug-likeness (QED) is 0.493. The molecule has 0 bridgehead atoms. The summed E-state index contributed by atoms with van der Waals surface area (Å²) in [7, 11) is 0. The van der Waals surface area contributed by atoms with E-state index in [0.717, 1.165) is 12.8 Å². The monoisotopic (exact) mass is 168 g/mol. The number of nitrogens with zero attached hydrogens (tertiary/aromatic N) is 1. The third kappa shape index (κ3) is 3.51. The highest BCUT2D eigenvalue weighted by Gasteiger charge is 2.29. The van der Waals surface area contributed by atoms with Crippen molar-refractivity contribution in [1.29, 1.82) is 0 Å². The van der Waals surface area contributed by atoms with Gasteiger partial charge in [0, 0.05) is 12.1 Å². The largest absolute Gasteiger partial charge is 0.273 e. The van der Waals surface area contributed by atoms with Gasteiger partial charge >= 0.3 is 0 Å². The molecule has 0 saturated heterocycles. The van der Waals surface area contributed by atoms with Crippen molar-refractivity contribution >= 4 is 12.1 Å². The Balaban J connectivity index is 2.24. The predicted octanol–water partition coefficient (Wildman–Crippen LogP) is 1.54. The third-order valence-electron chi connectivity index (χ3n) is 1.57. The summed E-state index contributed by atoms with van der Waals surface area (Å²) in [5, 5.41) is 3.88. The predicted molar refractivity (Wildman–Crippen MR) is 48.8 cm³/mol. The maximum absolute atomic E-state index is 11.1. The van der Waals surface area contributed by atoms with E-state index in [1.165, 1.54) is 0 Å². The second kappa shape index (κ2) is 3.25. The van der Waals surface area contributed by atoms with Gasteiger partial charge in [-0.2, -0.15) is 5.10 Å². The van der Waals surface area contributed by atoms with Crippen LogP contribution in [0.15, 0.2) is 5.10 Å². The lowest BCUT2D eigenvalue weighted by Gasteiger charge is -2.09. The van der Waals surface area contributed by atoms with Gasteiger partial charge in [-0.3, -0.25) is 4.79 Å². The van der Waals surface area contributed by atoms with Crippen LogP contribution in [0.1, 0.15) is 33.6 Å². The number of nitrogens with one attached hydrogen (secondary N) is 1. The summed E-state index contributed by atoms with van der Waals surface area (Å²) in [4.78, 5) is 11.1. The molecule has 3 nitrogen and oxygen atoms in total. The highest BCUT2D eigenvalue weighted by Crippen LogP contribution is 2.28. The highest BCUT2D eigenvalue weighted by atomic mass is 16.2. The van der Waals surface area contributed by atoms with Gasteiger partial charge in [-0.15, -0.1) is 0 Å². The number of amides is 1. The van der Waals surface area contributed by atoms with E-state index in [4.69, 9.17) is 0 Å². The fraction of sp³-hybridized carbons (Fsp3) is 0.778. The van der Waals surface area contributed by atoms with Crippen LogP contribution in [0.25, 0.3) is 0 Å². The van der Waals surface area contributed by atoms with Gasteiger partial charge in [-0.05, 0) is 18.3 Å². The molecule has 0 aromatic rings. The second-order valence-electron chi connectivity index (χ2n) is 4.37. The summed E-state index contributed by atoms with van der Waals surface area (Å²) in [5.41, 5.74) is 2.57. The zero-order valence-corrected chi connectivity index (χ0v) is 7.92. The normalized spacial score (nSPS) is 18.2. The fourth-order valence-electron chi connectivity index (χ4n) is 0.726. The van der Waals surface area contributed by atoms with Crippen molar-refractivity contribution in [3.05, 3.63) is 0 Å². The minimum atomic E-state index is 0.0385. The lowest BCUT2D eigenvalue weighted by molar-refractivity contribution is -0.122. The van der Waals surface area contributed by atoms with Crippen LogP contribution in [0, 0.1) is 11.3 Å². The van der Waals surface area contributed by atoms with Crippen LogP contribution >= 0.6 is 0 Å². The number of hydrogen-bond donors (Lipinski definition) is 1. The number of rotatable bonds is 2. The lowest BCUT2D eigenvalue weighted by atomic mass is 9.99. The molecule has 1 rings (SSSR count). The third-order valence-corrected chi connectivity index (χ3v) is 1.57. The first-order chi connectivity index (χ1) is 5.49. The molecule has 1 amide bonds. The van der Waals surface area contributed by atoms with E-state index < -0.39 is 0 Å². The molecule has 0 aliphatic heterocycles. The molecule has 1 fully saturated rings. The molecule has 0 heterocycles. The maximum Gasteiger partial charge on any atom is 0.243 e. The van der Waals surface area contributed by atoms with Crippen LogP contribution < -0.4 is 5.43 Å². The summed E-state index contributed by atoms with van der Waals surface area (Å²) >= 11 is 0. The van der Waals surface area contributed by atoms with Gasteiger partial charge in [-0.25, -0.2) is 5.43 Å². The van der Waals surface area contributed by atoms with E-state index >= 15 is 0 Å². The summed E-state index contributed by atoms with van der Waals surface area (Å²) < 4.78 is 0. The highest BCUT2D eigenvalue weighted by molar-refractivity contribution is 5.81. The Hall–Kier alpha value is -0.860. The van der Waals surface area contributed by atoms with Crippen LogP contribution in [-0.2, 0) is 4.79 Å². The Morgan fingerprint density at radius 1 is 1.50 bits per heavy atom. The molecular formula is C9H16N2O. The van der Waals surface area contributed by atoms with Crippen LogP contribution in [-0.4, -0.2) is 12.1 Å². The molecule has 0 spiro atoms. The SMILES string of the molecule is CC(C)(C)/C=N\NC(=O)C1CC1. The van der Waals surface area contributed by atoms with Crippen LogP contribution in [0.5, 0.6) is 0 Å². The molecule has 12 heavy (non-hydrogen) atoms.